The second-order valence-corrected chi connectivity index (χ2v) is 7.98. The van der Waals surface area contributed by atoms with Crippen molar-refractivity contribution in [1.82, 2.24) is 14.9 Å². The number of carbonyl (C=O) groups excluding carboxylic acids is 1. The van der Waals surface area contributed by atoms with E-state index >= 15 is 0 Å². The van der Waals surface area contributed by atoms with Crippen LogP contribution in [0.15, 0.2) is 35.7 Å². The molecule has 0 bridgehead atoms. The molecule has 1 saturated heterocycles. The fourth-order valence-electron chi connectivity index (χ4n) is 4.42. The number of hydrogen-bond donors (Lipinski definition) is 1. The predicted octanol–water partition coefficient (Wildman–Crippen LogP) is 2.87. The molecule has 2 atom stereocenters. The zero-order valence-corrected chi connectivity index (χ0v) is 17.5. The monoisotopic (exact) mass is 462 g/mol. The van der Waals surface area contributed by atoms with Crippen molar-refractivity contribution in [3.8, 4) is 0 Å². The maximum Gasteiger partial charge on any atom is 0.387 e. The highest BCUT2D eigenvalue weighted by Gasteiger charge is 2.35. The summed E-state index contributed by atoms with van der Waals surface area (Å²) in [5.41, 5.74) is 9.04. The van der Waals surface area contributed by atoms with Crippen LogP contribution < -0.4 is 5.73 Å². The van der Waals surface area contributed by atoms with Crippen LogP contribution in [-0.2, 0) is 27.4 Å². The third-order valence-electron chi connectivity index (χ3n) is 6.06. The van der Waals surface area contributed by atoms with Gasteiger partial charge in [0.15, 0.2) is 6.17 Å². The van der Waals surface area contributed by atoms with Gasteiger partial charge >= 0.3 is 6.61 Å². The Morgan fingerprint density at radius 2 is 2.06 bits per heavy atom. The van der Waals surface area contributed by atoms with Gasteiger partial charge in [-0.2, -0.15) is 8.78 Å². The largest absolute Gasteiger partial charge is 0.436 e. The minimum absolute atomic E-state index is 0.165. The molecule has 11 heteroatoms. The van der Waals surface area contributed by atoms with Crippen LogP contribution in [0.25, 0.3) is 10.9 Å². The third kappa shape index (κ3) is 4.02. The lowest BCUT2D eigenvalue weighted by atomic mass is 9.94. The molecule has 33 heavy (non-hydrogen) atoms. The van der Waals surface area contributed by atoms with Gasteiger partial charge in [-0.1, -0.05) is 6.08 Å². The van der Waals surface area contributed by atoms with Gasteiger partial charge in [0.05, 0.1) is 44.2 Å². The van der Waals surface area contributed by atoms with Gasteiger partial charge in [-0.3, -0.25) is 4.79 Å². The van der Waals surface area contributed by atoms with Gasteiger partial charge in [0, 0.05) is 23.9 Å². The maximum atomic E-state index is 14.4. The maximum absolute atomic E-state index is 14.4. The molecule has 2 aliphatic heterocycles. The lowest BCUT2D eigenvalue weighted by Crippen LogP contribution is -2.50. The van der Waals surface area contributed by atoms with Crippen molar-refractivity contribution >= 4 is 22.6 Å². The Bertz CT molecular complexity index is 1170. The van der Waals surface area contributed by atoms with Crippen LogP contribution in [0.1, 0.15) is 28.0 Å². The molecule has 0 spiro atoms. The first kappa shape index (κ1) is 21.7. The van der Waals surface area contributed by atoms with Gasteiger partial charge in [-0.15, -0.1) is 0 Å². The zero-order valence-electron chi connectivity index (χ0n) is 17.5. The van der Waals surface area contributed by atoms with Crippen molar-refractivity contribution in [2.45, 2.75) is 38.5 Å². The molecule has 0 saturated carbocycles. The van der Waals surface area contributed by atoms with Crippen molar-refractivity contribution in [3.05, 3.63) is 52.6 Å². The summed E-state index contributed by atoms with van der Waals surface area (Å²) in [6.45, 7) is -1.60. The van der Waals surface area contributed by atoms with Crippen molar-refractivity contribution in [3.63, 3.8) is 0 Å². The molecule has 0 aromatic carbocycles. The first-order valence-electron chi connectivity index (χ1n) is 10.5. The average molecular weight is 462 g/mol. The molecule has 5 rings (SSSR count). The van der Waals surface area contributed by atoms with Crippen LogP contribution in [0.3, 0.4) is 0 Å². The number of anilines is 1. The number of halogens is 3. The molecular formula is C22H21F3N4O4. The Morgan fingerprint density at radius 1 is 1.24 bits per heavy atom. The van der Waals surface area contributed by atoms with Crippen LogP contribution in [0.5, 0.6) is 0 Å². The number of fused-ring (bicyclic) bond motifs is 3. The van der Waals surface area contributed by atoms with Crippen LogP contribution >= 0.6 is 0 Å². The molecule has 2 aromatic heterocycles. The van der Waals surface area contributed by atoms with E-state index in [1.165, 1.54) is 18.3 Å². The van der Waals surface area contributed by atoms with E-state index in [1.54, 1.807) is 11.0 Å². The molecule has 2 aromatic rings. The Hall–Kier alpha value is -3.18. The Balaban J connectivity index is 1.45. The Morgan fingerprint density at radius 3 is 2.85 bits per heavy atom. The summed E-state index contributed by atoms with van der Waals surface area (Å²) in [5.74, 6) is -0.385. The molecule has 174 valence electrons. The number of nitrogens with two attached hydrogens (primary N) is 1. The number of allylic oxidation sites excluding steroid dienone is 3. The molecular weight excluding hydrogens is 441 g/mol. The van der Waals surface area contributed by atoms with E-state index in [2.05, 4.69) is 14.7 Å². The van der Waals surface area contributed by atoms with Gasteiger partial charge in [0.2, 0.25) is 0 Å². The normalized spacial score (nSPS) is 22.8. The predicted molar refractivity (Wildman–Crippen MR) is 111 cm³/mol. The van der Waals surface area contributed by atoms with E-state index in [0.29, 0.717) is 36.7 Å². The number of nitrogens with zero attached hydrogens (tertiary/aromatic N) is 3. The van der Waals surface area contributed by atoms with Crippen LogP contribution in [0.4, 0.5) is 19.0 Å². The van der Waals surface area contributed by atoms with Crippen LogP contribution in [0.2, 0.25) is 0 Å². The second kappa shape index (κ2) is 8.64. The number of carbonyl (C=O) groups is 1. The number of nitrogen functional groups attached to an aromatic ring is 1. The number of ether oxygens (including phenoxy) is 3. The summed E-state index contributed by atoms with van der Waals surface area (Å²) >= 11 is 0. The van der Waals surface area contributed by atoms with Gasteiger partial charge in [0.25, 0.3) is 5.91 Å². The summed E-state index contributed by atoms with van der Waals surface area (Å²) in [6, 6.07) is 1.12. The van der Waals surface area contributed by atoms with E-state index < -0.39 is 24.6 Å². The number of rotatable bonds is 4. The zero-order chi connectivity index (χ0) is 23.1. The Kier molecular flexibility index (Phi) is 5.67. The van der Waals surface area contributed by atoms with Gasteiger partial charge in [-0.25, -0.2) is 14.4 Å². The molecule has 8 nitrogen and oxygen atoms in total. The lowest BCUT2D eigenvalue weighted by molar-refractivity contribution is -0.106. The SMILES string of the molecule is Nc1nc2cnc(C(=O)N3CCOCC3C3=CC=C(OC(F)F)C(F)C3)cc2c2c1COC2. The molecule has 1 fully saturated rings. The fraction of sp³-hybridized carbons (Fsp3) is 0.409. The third-order valence-corrected chi connectivity index (χ3v) is 6.06. The highest BCUT2D eigenvalue weighted by atomic mass is 19.3. The van der Waals surface area contributed by atoms with Gasteiger partial charge in [-0.05, 0) is 23.3 Å². The van der Waals surface area contributed by atoms with E-state index in [-0.39, 0.29) is 31.2 Å². The number of aromatic nitrogens is 2. The lowest BCUT2D eigenvalue weighted by Gasteiger charge is -2.38. The first-order valence-corrected chi connectivity index (χ1v) is 10.5. The summed E-state index contributed by atoms with van der Waals surface area (Å²) < 4.78 is 54.6. The molecule has 1 aliphatic carbocycles. The average Bonchev–Trinajstić information content (AvgIpc) is 3.31. The number of morpholine rings is 1. The van der Waals surface area contributed by atoms with Gasteiger partial charge < -0.3 is 24.8 Å². The van der Waals surface area contributed by atoms with E-state index in [1.807, 2.05) is 0 Å². The molecule has 2 N–H and O–H groups in total. The molecule has 2 unspecified atom stereocenters. The van der Waals surface area contributed by atoms with Crippen LogP contribution in [-0.4, -0.2) is 59.4 Å². The standard InChI is InChI=1S/C22H21F3N4O4/c23-15-5-11(1-2-19(15)33-22(24)25)18-10-31-4-3-29(18)21(30)16-6-12-13-8-32-9-14(13)20(26)28-17(12)7-27-16/h1-2,6-7,15,18,22H,3-5,8-10H2,(H2,26,28). The van der Waals surface area contributed by atoms with E-state index in [4.69, 9.17) is 15.2 Å². The van der Waals surface area contributed by atoms with Crippen molar-refractivity contribution in [1.29, 1.82) is 0 Å². The summed E-state index contributed by atoms with van der Waals surface area (Å²) in [4.78, 5) is 23.6. The number of alkyl halides is 3. The topological polar surface area (TPSA) is 99.8 Å². The summed E-state index contributed by atoms with van der Waals surface area (Å²) in [6.07, 6.45) is 2.30. The fourth-order valence-corrected chi connectivity index (χ4v) is 4.42. The van der Waals surface area contributed by atoms with Crippen molar-refractivity contribution < 1.29 is 32.2 Å². The number of amides is 1. The summed E-state index contributed by atoms with van der Waals surface area (Å²) in [5, 5.41) is 0.747. The summed E-state index contributed by atoms with van der Waals surface area (Å²) in [7, 11) is 0. The molecule has 4 heterocycles. The minimum atomic E-state index is -3.10. The molecule has 1 amide bonds. The first-order chi connectivity index (χ1) is 15.9. The van der Waals surface area contributed by atoms with Crippen LogP contribution in [0, 0.1) is 0 Å². The molecule has 0 radical (unpaired) electrons. The smallest absolute Gasteiger partial charge is 0.387 e. The Labute approximate surface area is 186 Å². The minimum Gasteiger partial charge on any atom is -0.436 e. The highest BCUT2D eigenvalue weighted by molar-refractivity contribution is 5.97. The highest BCUT2D eigenvalue weighted by Crippen LogP contribution is 2.33. The second-order valence-electron chi connectivity index (χ2n) is 7.98. The van der Waals surface area contributed by atoms with E-state index in [0.717, 1.165) is 16.5 Å². The molecule has 3 aliphatic rings. The van der Waals surface area contributed by atoms with E-state index in [9.17, 15) is 18.0 Å². The number of pyridine rings is 2. The van der Waals surface area contributed by atoms with Crippen molar-refractivity contribution in [2.24, 2.45) is 0 Å². The van der Waals surface area contributed by atoms with Crippen molar-refractivity contribution in [2.75, 3.05) is 25.5 Å². The quantitative estimate of drug-likeness (QED) is 0.746. The van der Waals surface area contributed by atoms with Gasteiger partial charge in [0.1, 0.15) is 17.3 Å². The number of hydrogen-bond acceptors (Lipinski definition) is 7.